The molecule has 0 spiro atoms. The number of aryl methyl sites for hydroxylation is 1. The van der Waals surface area contributed by atoms with Crippen LogP contribution >= 0.6 is 0 Å². The third-order valence-corrected chi connectivity index (χ3v) is 2.41. The van der Waals surface area contributed by atoms with E-state index in [9.17, 15) is 14.7 Å². The molecular weight excluding hydrogens is 232 g/mol. The highest BCUT2D eigenvalue weighted by atomic mass is 16.3. The summed E-state index contributed by atoms with van der Waals surface area (Å²) in [5, 5.41) is 12.2. The summed E-state index contributed by atoms with van der Waals surface area (Å²) in [7, 11) is 0. The SMILES string of the molecule is Cc1cc(O)c(C(=O)Nc2ccccc2)c(=O)[nH]1. The molecule has 1 aromatic heterocycles. The quantitative estimate of drug-likeness (QED) is 0.751. The molecule has 92 valence electrons. The van der Waals surface area contributed by atoms with Crippen LogP contribution in [0.1, 0.15) is 16.1 Å². The molecule has 0 radical (unpaired) electrons. The molecule has 0 aliphatic rings. The van der Waals surface area contributed by atoms with Crippen molar-refractivity contribution in [3.05, 3.63) is 58.0 Å². The van der Waals surface area contributed by atoms with E-state index in [0.29, 0.717) is 11.4 Å². The van der Waals surface area contributed by atoms with E-state index in [0.717, 1.165) is 0 Å². The lowest BCUT2D eigenvalue weighted by molar-refractivity contribution is 0.102. The molecule has 0 saturated carbocycles. The summed E-state index contributed by atoms with van der Waals surface area (Å²) >= 11 is 0. The van der Waals surface area contributed by atoms with Gasteiger partial charge in [0.1, 0.15) is 11.3 Å². The minimum Gasteiger partial charge on any atom is -0.507 e. The Morgan fingerprint density at radius 2 is 1.94 bits per heavy atom. The molecule has 1 aromatic carbocycles. The van der Waals surface area contributed by atoms with Gasteiger partial charge in [-0.15, -0.1) is 0 Å². The van der Waals surface area contributed by atoms with Crippen molar-refractivity contribution in [2.24, 2.45) is 0 Å². The second kappa shape index (κ2) is 4.75. The van der Waals surface area contributed by atoms with Gasteiger partial charge in [0.15, 0.2) is 0 Å². The number of H-pyrrole nitrogens is 1. The van der Waals surface area contributed by atoms with Gasteiger partial charge in [-0.3, -0.25) is 9.59 Å². The van der Waals surface area contributed by atoms with Crippen LogP contribution in [0.25, 0.3) is 0 Å². The molecule has 1 amide bonds. The minimum atomic E-state index is -0.639. The van der Waals surface area contributed by atoms with E-state index in [2.05, 4.69) is 10.3 Å². The lowest BCUT2D eigenvalue weighted by Crippen LogP contribution is -2.23. The van der Waals surface area contributed by atoms with Crippen LogP contribution in [-0.4, -0.2) is 16.0 Å². The number of benzene rings is 1. The number of pyridine rings is 1. The topological polar surface area (TPSA) is 82.2 Å². The first kappa shape index (κ1) is 11.9. The summed E-state index contributed by atoms with van der Waals surface area (Å²) in [5.74, 6) is -0.968. The van der Waals surface area contributed by atoms with Gasteiger partial charge in [0.05, 0.1) is 0 Å². The van der Waals surface area contributed by atoms with Crippen LogP contribution in [0.15, 0.2) is 41.2 Å². The molecule has 5 heteroatoms. The molecule has 3 N–H and O–H groups in total. The van der Waals surface area contributed by atoms with Crippen LogP contribution < -0.4 is 10.9 Å². The number of para-hydroxylation sites is 1. The molecule has 0 fully saturated rings. The number of aromatic amines is 1. The van der Waals surface area contributed by atoms with Gasteiger partial charge in [-0.1, -0.05) is 18.2 Å². The molecule has 0 bridgehead atoms. The van der Waals surface area contributed by atoms with Gasteiger partial charge in [-0.05, 0) is 25.1 Å². The second-order valence-corrected chi connectivity index (χ2v) is 3.86. The van der Waals surface area contributed by atoms with Gasteiger partial charge in [0, 0.05) is 11.4 Å². The summed E-state index contributed by atoms with van der Waals surface area (Å²) < 4.78 is 0. The van der Waals surface area contributed by atoms with Crippen molar-refractivity contribution in [1.82, 2.24) is 4.98 Å². The molecule has 2 rings (SSSR count). The lowest BCUT2D eigenvalue weighted by atomic mass is 10.2. The molecular formula is C13H12N2O3. The van der Waals surface area contributed by atoms with Crippen LogP contribution in [0.4, 0.5) is 5.69 Å². The van der Waals surface area contributed by atoms with E-state index in [-0.39, 0.29) is 11.3 Å². The van der Waals surface area contributed by atoms with Crippen LogP contribution in [0.2, 0.25) is 0 Å². The lowest BCUT2D eigenvalue weighted by Gasteiger charge is -2.06. The van der Waals surface area contributed by atoms with Crippen LogP contribution in [0.5, 0.6) is 5.75 Å². The van der Waals surface area contributed by atoms with Crippen LogP contribution in [-0.2, 0) is 0 Å². The van der Waals surface area contributed by atoms with Gasteiger partial charge in [-0.2, -0.15) is 0 Å². The summed E-state index contributed by atoms with van der Waals surface area (Å²) in [6.45, 7) is 1.63. The number of aromatic nitrogens is 1. The van der Waals surface area contributed by atoms with E-state index in [1.807, 2.05) is 6.07 Å². The molecule has 18 heavy (non-hydrogen) atoms. The van der Waals surface area contributed by atoms with Crippen molar-refractivity contribution in [2.75, 3.05) is 5.32 Å². The molecule has 0 aliphatic heterocycles. The van der Waals surface area contributed by atoms with Crippen molar-refractivity contribution in [2.45, 2.75) is 6.92 Å². The molecule has 1 heterocycles. The molecule has 0 atom stereocenters. The zero-order valence-electron chi connectivity index (χ0n) is 9.73. The van der Waals surface area contributed by atoms with Crippen molar-refractivity contribution in [1.29, 1.82) is 0 Å². The Balaban J connectivity index is 2.33. The predicted molar refractivity (Wildman–Crippen MR) is 67.9 cm³/mol. The number of hydrogen-bond donors (Lipinski definition) is 3. The smallest absolute Gasteiger partial charge is 0.265 e. The van der Waals surface area contributed by atoms with Crippen molar-refractivity contribution < 1.29 is 9.90 Å². The molecule has 0 aliphatic carbocycles. The summed E-state index contributed by atoms with van der Waals surface area (Å²) in [6.07, 6.45) is 0. The third kappa shape index (κ3) is 2.40. The Bertz CT molecular complexity index is 632. The van der Waals surface area contributed by atoms with Gasteiger partial charge >= 0.3 is 0 Å². The first-order valence-electron chi connectivity index (χ1n) is 5.37. The second-order valence-electron chi connectivity index (χ2n) is 3.86. The number of nitrogens with one attached hydrogen (secondary N) is 2. The number of carbonyl (C=O) groups excluding carboxylic acids is 1. The largest absolute Gasteiger partial charge is 0.507 e. The Morgan fingerprint density at radius 1 is 1.28 bits per heavy atom. The monoisotopic (exact) mass is 244 g/mol. The van der Waals surface area contributed by atoms with Gasteiger partial charge in [0.25, 0.3) is 11.5 Å². The molecule has 0 unspecified atom stereocenters. The van der Waals surface area contributed by atoms with E-state index < -0.39 is 11.5 Å². The number of amides is 1. The third-order valence-electron chi connectivity index (χ3n) is 2.41. The predicted octanol–water partition coefficient (Wildman–Crippen LogP) is 1.64. The van der Waals surface area contributed by atoms with E-state index in [4.69, 9.17) is 0 Å². The Hall–Kier alpha value is -2.56. The Kier molecular flexibility index (Phi) is 3.14. The average Bonchev–Trinajstić information content (AvgIpc) is 2.28. The van der Waals surface area contributed by atoms with Crippen molar-refractivity contribution in [3.63, 3.8) is 0 Å². The highest BCUT2D eigenvalue weighted by Crippen LogP contribution is 2.15. The Labute approximate surface area is 103 Å². The van der Waals surface area contributed by atoms with Crippen LogP contribution in [0.3, 0.4) is 0 Å². The number of rotatable bonds is 2. The maximum absolute atomic E-state index is 11.9. The summed E-state index contributed by atoms with van der Waals surface area (Å²) in [6, 6.07) is 10.0. The fourth-order valence-corrected chi connectivity index (χ4v) is 1.61. The maximum Gasteiger partial charge on any atom is 0.265 e. The fraction of sp³-hybridized carbons (Fsp3) is 0.0769. The molecule has 2 aromatic rings. The zero-order valence-corrected chi connectivity index (χ0v) is 9.73. The van der Waals surface area contributed by atoms with E-state index in [1.165, 1.54) is 6.07 Å². The zero-order chi connectivity index (χ0) is 13.1. The van der Waals surface area contributed by atoms with Gasteiger partial charge in [0.2, 0.25) is 0 Å². The fourth-order valence-electron chi connectivity index (χ4n) is 1.61. The summed E-state index contributed by atoms with van der Waals surface area (Å²) in [4.78, 5) is 26.0. The highest BCUT2D eigenvalue weighted by molar-refractivity contribution is 6.05. The number of anilines is 1. The number of hydrogen-bond acceptors (Lipinski definition) is 3. The first-order valence-corrected chi connectivity index (χ1v) is 5.37. The van der Waals surface area contributed by atoms with Crippen molar-refractivity contribution in [3.8, 4) is 5.75 Å². The number of carbonyl (C=O) groups is 1. The highest BCUT2D eigenvalue weighted by Gasteiger charge is 2.16. The van der Waals surface area contributed by atoms with E-state index in [1.54, 1.807) is 31.2 Å². The maximum atomic E-state index is 11.9. The standard InChI is InChI=1S/C13H12N2O3/c1-8-7-10(16)11(12(17)14-8)13(18)15-9-5-3-2-4-6-9/h2-7H,1H3,(H,15,18)(H2,14,16,17). The number of aromatic hydroxyl groups is 1. The van der Waals surface area contributed by atoms with Crippen LogP contribution in [0, 0.1) is 6.92 Å². The van der Waals surface area contributed by atoms with Crippen molar-refractivity contribution >= 4 is 11.6 Å². The van der Waals surface area contributed by atoms with E-state index >= 15 is 0 Å². The minimum absolute atomic E-state index is 0.288. The Morgan fingerprint density at radius 3 is 2.56 bits per heavy atom. The average molecular weight is 244 g/mol. The molecule has 0 saturated heterocycles. The summed E-state index contributed by atoms with van der Waals surface area (Å²) in [5.41, 5.74) is 0.154. The van der Waals surface area contributed by atoms with Gasteiger partial charge in [-0.25, -0.2) is 0 Å². The first-order chi connectivity index (χ1) is 8.58. The van der Waals surface area contributed by atoms with Gasteiger partial charge < -0.3 is 15.4 Å². The molecule has 5 nitrogen and oxygen atoms in total. The normalized spacial score (nSPS) is 10.1.